The first kappa shape index (κ1) is 19.8. The number of carbonyl (C=O) groups excluding carboxylic acids is 1. The van der Waals surface area contributed by atoms with Gasteiger partial charge in [0, 0.05) is 32.0 Å². The van der Waals surface area contributed by atoms with Crippen LogP contribution in [0.25, 0.3) is 17.2 Å². The molecule has 4 rings (SSSR count). The molecule has 0 atom stereocenters. The standard InChI is InChI=1S/C19H17F3N6O2/c1-30-15-5-3-13(11-24-15)28-17(14-4-2-12(20)10-23-14)25-16(26-28)18(29)27-8-6-19(21,22)7-9-27/h2-5,10-11H,6-9H2,1H3. The number of piperidine rings is 1. The van der Waals surface area contributed by atoms with E-state index < -0.39 is 30.5 Å². The van der Waals surface area contributed by atoms with Crippen molar-refractivity contribution in [3.05, 3.63) is 48.3 Å². The maximum atomic E-state index is 13.4. The van der Waals surface area contributed by atoms with Gasteiger partial charge >= 0.3 is 0 Å². The largest absolute Gasteiger partial charge is 0.481 e. The van der Waals surface area contributed by atoms with Crippen molar-refractivity contribution in [1.82, 2.24) is 29.6 Å². The summed E-state index contributed by atoms with van der Waals surface area (Å²) in [5.74, 6) is -3.46. The van der Waals surface area contributed by atoms with Gasteiger partial charge in [0.1, 0.15) is 11.5 Å². The van der Waals surface area contributed by atoms with Crippen molar-refractivity contribution in [2.75, 3.05) is 20.2 Å². The summed E-state index contributed by atoms with van der Waals surface area (Å²) < 4.78 is 46.5. The zero-order chi connectivity index (χ0) is 21.3. The molecule has 0 bridgehead atoms. The van der Waals surface area contributed by atoms with Crippen LogP contribution in [0.2, 0.25) is 0 Å². The molecule has 0 spiro atoms. The number of methoxy groups -OCH3 is 1. The molecule has 0 radical (unpaired) electrons. The Morgan fingerprint density at radius 1 is 1.10 bits per heavy atom. The van der Waals surface area contributed by atoms with Crippen LogP contribution in [-0.2, 0) is 0 Å². The number of aromatic nitrogens is 5. The number of hydrogen-bond acceptors (Lipinski definition) is 6. The Labute approximate surface area is 169 Å². The van der Waals surface area contributed by atoms with Crippen molar-refractivity contribution in [3.8, 4) is 23.1 Å². The summed E-state index contributed by atoms with van der Waals surface area (Å²) in [6.45, 7) is -0.177. The number of nitrogens with zero attached hydrogens (tertiary/aromatic N) is 6. The van der Waals surface area contributed by atoms with Crippen molar-refractivity contribution >= 4 is 5.91 Å². The lowest BCUT2D eigenvalue weighted by atomic mass is 10.1. The summed E-state index contributed by atoms with van der Waals surface area (Å²) in [7, 11) is 1.48. The second kappa shape index (κ2) is 7.73. The average Bonchev–Trinajstić information content (AvgIpc) is 3.19. The first-order chi connectivity index (χ1) is 14.4. The third-order valence-electron chi connectivity index (χ3n) is 4.71. The van der Waals surface area contributed by atoms with Gasteiger partial charge in [0.15, 0.2) is 5.82 Å². The molecule has 3 aromatic heterocycles. The predicted octanol–water partition coefficient (Wildman–Crippen LogP) is 2.74. The summed E-state index contributed by atoms with van der Waals surface area (Å²) in [6, 6.07) is 5.88. The molecule has 0 saturated carbocycles. The number of hydrogen-bond donors (Lipinski definition) is 0. The van der Waals surface area contributed by atoms with Gasteiger partial charge in [-0.15, -0.1) is 5.10 Å². The highest BCUT2D eigenvalue weighted by Gasteiger charge is 2.37. The number of likely N-dealkylation sites (tertiary alicyclic amines) is 1. The van der Waals surface area contributed by atoms with Crippen molar-refractivity contribution in [2.45, 2.75) is 18.8 Å². The maximum absolute atomic E-state index is 13.4. The molecule has 1 aliphatic rings. The van der Waals surface area contributed by atoms with Crippen molar-refractivity contribution < 1.29 is 22.7 Å². The third kappa shape index (κ3) is 3.95. The van der Waals surface area contributed by atoms with Crippen molar-refractivity contribution in [3.63, 3.8) is 0 Å². The summed E-state index contributed by atoms with van der Waals surface area (Å²) in [5.41, 5.74) is 0.748. The Hall–Kier alpha value is -3.50. The SMILES string of the molecule is COc1ccc(-n2nc(C(=O)N3CCC(F)(F)CC3)nc2-c2ccc(F)cn2)cn1. The lowest BCUT2D eigenvalue weighted by Crippen LogP contribution is -2.43. The van der Waals surface area contributed by atoms with E-state index in [1.54, 1.807) is 12.1 Å². The van der Waals surface area contributed by atoms with E-state index in [1.807, 2.05) is 0 Å². The molecule has 8 nitrogen and oxygen atoms in total. The fraction of sp³-hybridized carbons (Fsp3) is 0.316. The van der Waals surface area contributed by atoms with E-state index in [-0.39, 0.29) is 30.4 Å². The lowest BCUT2D eigenvalue weighted by Gasteiger charge is -2.30. The van der Waals surface area contributed by atoms with Crippen LogP contribution in [0.3, 0.4) is 0 Å². The van der Waals surface area contributed by atoms with Crippen LogP contribution in [0, 0.1) is 5.82 Å². The molecule has 0 aliphatic carbocycles. The van der Waals surface area contributed by atoms with Crippen LogP contribution in [0.4, 0.5) is 13.2 Å². The van der Waals surface area contributed by atoms with Gasteiger partial charge < -0.3 is 9.64 Å². The molecular formula is C19H17F3N6O2. The number of ether oxygens (including phenoxy) is 1. The zero-order valence-electron chi connectivity index (χ0n) is 15.9. The Bertz CT molecular complexity index is 1040. The highest BCUT2D eigenvalue weighted by Crippen LogP contribution is 2.28. The topological polar surface area (TPSA) is 86.0 Å². The van der Waals surface area contributed by atoms with Crippen LogP contribution >= 0.6 is 0 Å². The van der Waals surface area contributed by atoms with Crippen LogP contribution < -0.4 is 4.74 Å². The smallest absolute Gasteiger partial charge is 0.293 e. The highest BCUT2D eigenvalue weighted by molar-refractivity contribution is 5.91. The second-order valence-electron chi connectivity index (χ2n) is 6.74. The van der Waals surface area contributed by atoms with E-state index in [1.165, 1.54) is 35.0 Å². The molecule has 1 fully saturated rings. The number of halogens is 3. The average molecular weight is 418 g/mol. The molecule has 1 amide bonds. The minimum Gasteiger partial charge on any atom is -0.481 e. The van der Waals surface area contributed by atoms with E-state index in [9.17, 15) is 18.0 Å². The molecular weight excluding hydrogens is 401 g/mol. The first-order valence-corrected chi connectivity index (χ1v) is 9.13. The summed E-state index contributed by atoms with van der Waals surface area (Å²) in [4.78, 5) is 26.5. The normalized spacial score (nSPS) is 15.8. The number of carbonyl (C=O) groups is 1. The molecule has 156 valence electrons. The Morgan fingerprint density at radius 2 is 1.87 bits per heavy atom. The number of pyridine rings is 2. The molecule has 4 heterocycles. The fourth-order valence-corrected chi connectivity index (χ4v) is 3.05. The fourth-order valence-electron chi connectivity index (χ4n) is 3.05. The lowest BCUT2D eigenvalue weighted by molar-refractivity contribution is -0.0496. The van der Waals surface area contributed by atoms with Crippen LogP contribution in [0.5, 0.6) is 5.88 Å². The van der Waals surface area contributed by atoms with Crippen molar-refractivity contribution in [1.29, 1.82) is 0 Å². The van der Waals surface area contributed by atoms with E-state index >= 15 is 0 Å². The first-order valence-electron chi connectivity index (χ1n) is 9.13. The molecule has 0 N–H and O–H groups in total. The van der Waals surface area contributed by atoms with Crippen LogP contribution in [-0.4, -0.2) is 61.7 Å². The van der Waals surface area contributed by atoms with Gasteiger partial charge in [-0.1, -0.05) is 0 Å². The Kier molecular flexibility index (Phi) is 5.10. The maximum Gasteiger partial charge on any atom is 0.293 e. The van der Waals surface area contributed by atoms with E-state index in [2.05, 4.69) is 20.1 Å². The van der Waals surface area contributed by atoms with Gasteiger partial charge in [-0.2, -0.15) is 0 Å². The van der Waals surface area contributed by atoms with Gasteiger partial charge in [0.25, 0.3) is 11.8 Å². The Balaban J connectivity index is 1.71. The van der Waals surface area contributed by atoms with Gasteiger partial charge in [0.2, 0.25) is 11.7 Å². The van der Waals surface area contributed by atoms with Crippen LogP contribution in [0.1, 0.15) is 23.5 Å². The van der Waals surface area contributed by atoms with Gasteiger partial charge in [-0.3, -0.25) is 4.79 Å². The highest BCUT2D eigenvalue weighted by atomic mass is 19.3. The van der Waals surface area contributed by atoms with Gasteiger partial charge in [-0.25, -0.2) is 32.8 Å². The quantitative estimate of drug-likeness (QED) is 0.648. The monoisotopic (exact) mass is 418 g/mol. The predicted molar refractivity (Wildman–Crippen MR) is 99.0 cm³/mol. The minimum atomic E-state index is -2.78. The molecule has 1 aliphatic heterocycles. The number of rotatable bonds is 4. The molecule has 0 aromatic carbocycles. The van der Waals surface area contributed by atoms with Gasteiger partial charge in [0.05, 0.1) is 25.2 Å². The van der Waals surface area contributed by atoms with E-state index in [0.29, 0.717) is 11.6 Å². The number of amides is 1. The zero-order valence-corrected chi connectivity index (χ0v) is 15.9. The second-order valence-corrected chi connectivity index (χ2v) is 6.74. The molecule has 0 unspecified atom stereocenters. The minimum absolute atomic E-state index is 0.0887. The van der Waals surface area contributed by atoms with Crippen molar-refractivity contribution in [2.24, 2.45) is 0 Å². The summed E-state index contributed by atoms with van der Waals surface area (Å²) in [5, 5.41) is 4.26. The van der Waals surface area contributed by atoms with Gasteiger partial charge in [-0.05, 0) is 18.2 Å². The van der Waals surface area contributed by atoms with E-state index in [0.717, 1.165) is 6.20 Å². The summed E-state index contributed by atoms with van der Waals surface area (Å²) >= 11 is 0. The molecule has 11 heteroatoms. The Morgan fingerprint density at radius 3 is 2.47 bits per heavy atom. The summed E-state index contributed by atoms with van der Waals surface area (Å²) in [6.07, 6.45) is 1.67. The molecule has 1 saturated heterocycles. The molecule has 3 aromatic rings. The number of alkyl halides is 2. The van der Waals surface area contributed by atoms with Crippen LogP contribution in [0.15, 0.2) is 36.7 Å². The van der Waals surface area contributed by atoms with E-state index in [4.69, 9.17) is 4.74 Å². The molecule has 30 heavy (non-hydrogen) atoms. The third-order valence-corrected chi connectivity index (χ3v) is 4.71.